The Morgan fingerprint density at radius 2 is 2.23 bits per heavy atom. The fourth-order valence-corrected chi connectivity index (χ4v) is 2.33. The highest BCUT2D eigenvalue weighted by Crippen LogP contribution is 2.19. The van der Waals surface area contributed by atoms with E-state index in [0.717, 1.165) is 25.0 Å². The number of hydrogen-bond donors (Lipinski definition) is 3. The fourth-order valence-electron chi connectivity index (χ4n) is 2.33. The molecule has 0 aliphatic carbocycles. The summed E-state index contributed by atoms with van der Waals surface area (Å²) >= 11 is 0. The summed E-state index contributed by atoms with van der Waals surface area (Å²) in [5.74, 6) is -2.02. The van der Waals surface area contributed by atoms with Crippen LogP contribution in [0.15, 0.2) is 18.2 Å². The van der Waals surface area contributed by atoms with Crippen LogP contribution in [0.3, 0.4) is 0 Å². The molecular weight excluding hydrogens is 294 g/mol. The molecule has 1 aromatic carbocycles. The molecule has 0 spiro atoms. The minimum absolute atomic E-state index is 0.0252. The van der Waals surface area contributed by atoms with E-state index in [4.69, 9.17) is 4.74 Å². The molecule has 3 unspecified atom stereocenters. The molecule has 0 radical (unpaired) electrons. The van der Waals surface area contributed by atoms with Gasteiger partial charge < -0.3 is 20.5 Å². The quantitative estimate of drug-likeness (QED) is 0.777. The van der Waals surface area contributed by atoms with Gasteiger partial charge in [-0.15, -0.1) is 0 Å². The average Bonchev–Trinajstić information content (AvgIpc) is 3.00. The van der Waals surface area contributed by atoms with Crippen LogP contribution >= 0.6 is 0 Å². The van der Waals surface area contributed by atoms with Gasteiger partial charge in [-0.3, -0.25) is 0 Å². The Kier molecular flexibility index (Phi) is 5.68. The zero-order valence-corrected chi connectivity index (χ0v) is 12.3. The van der Waals surface area contributed by atoms with Crippen LogP contribution in [0.4, 0.5) is 13.6 Å². The highest BCUT2D eigenvalue weighted by molar-refractivity contribution is 5.74. The molecule has 1 aromatic rings. The minimum Gasteiger partial charge on any atom is -0.386 e. The van der Waals surface area contributed by atoms with Crippen LogP contribution in [0.1, 0.15) is 31.4 Å². The number of hydrogen-bond acceptors (Lipinski definition) is 3. The van der Waals surface area contributed by atoms with Gasteiger partial charge in [-0.25, -0.2) is 13.6 Å². The van der Waals surface area contributed by atoms with E-state index in [0.29, 0.717) is 13.2 Å². The van der Waals surface area contributed by atoms with E-state index in [1.54, 1.807) is 6.92 Å². The smallest absolute Gasteiger partial charge is 0.315 e. The maximum absolute atomic E-state index is 13.2. The van der Waals surface area contributed by atoms with Crippen LogP contribution < -0.4 is 10.6 Å². The summed E-state index contributed by atoms with van der Waals surface area (Å²) in [6, 6.07) is 2.05. The topological polar surface area (TPSA) is 70.6 Å². The van der Waals surface area contributed by atoms with Gasteiger partial charge in [0.15, 0.2) is 11.6 Å². The minimum atomic E-state index is -1.14. The second kappa shape index (κ2) is 7.51. The van der Waals surface area contributed by atoms with Crippen molar-refractivity contribution in [2.45, 2.75) is 38.0 Å². The van der Waals surface area contributed by atoms with Crippen molar-refractivity contribution in [3.8, 4) is 0 Å². The molecule has 1 fully saturated rings. The zero-order chi connectivity index (χ0) is 16.1. The summed E-state index contributed by atoms with van der Waals surface area (Å²) in [7, 11) is 0. The number of aliphatic hydroxyl groups excluding tert-OH is 1. The lowest BCUT2D eigenvalue weighted by atomic mass is 10.0. The lowest BCUT2D eigenvalue weighted by Gasteiger charge is -2.21. The van der Waals surface area contributed by atoms with Gasteiger partial charge in [0.25, 0.3) is 0 Å². The van der Waals surface area contributed by atoms with Crippen LogP contribution in [0.2, 0.25) is 0 Å². The SMILES string of the molecule is CC(NC(=O)NCC1CCCO1)C(O)c1ccc(F)c(F)c1. The summed E-state index contributed by atoms with van der Waals surface area (Å²) < 4.78 is 31.4. The first-order valence-corrected chi connectivity index (χ1v) is 7.26. The van der Waals surface area contributed by atoms with E-state index < -0.39 is 29.8 Å². The lowest BCUT2D eigenvalue weighted by Crippen LogP contribution is -2.45. The Morgan fingerprint density at radius 1 is 1.45 bits per heavy atom. The summed E-state index contributed by atoms with van der Waals surface area (Å²) in [5.41, 5.74) is 0.200. The highest BCUT2D eigenvalue weighted by Gasteiger charge is 2.21. The summed E-state index contributed by atoms with van der Waals surface area (Å²) in [6.45, 7) is 2.69. The van der Waals surface area contributed by atoms with Crippen LogP contribution in [0, 0.1) is 11.6 Å². The molecule has 2 amide bonds. The number of nitrogens with one attached hydrogen (secondary N) is 2. The van der Waals surface area contributed by atoms with Gasteiger partial charge in [-0.2, -0.15) is 0 Å². The number of carbonyl (C=O) groups excluding carboxylic acids is 1. The number of urea groups is 1. The van der Waals surface area contributed by atoms with Crippen molar-refractivity contribution >= 4 is 6.03 Å². The number of benzene rings is 1. The first kappa shape index (κ1) is 16.6. The lowest BCUT2D eigenvalue weighted by molar-refractivity contribution is 0.109. The standard InChI is InChI=1S/C15H20F2N2O3/c1-9(14(20)10-4-5-12(16)13(17)7-10)19-15(21)18-8-11-3-2-6-22-11/h4-5,7,9,11,14,20H,2-3,6,8H2,1H3,(H2,18,19,21). The Labute approximate surface area is 127 Å². The molecule has 5 nitrogen and oxygen atoms in total. The molecule has 1 aliphatic rings. The van der Waals surface area contributed by atoms with Gasteiger partial charge >= 0.3 is 6.03 Å². The maximum atomic E-state index is 13.2. The molecule has 22 heavy (non-hydrogen) atoms. The number of halogens is 2. The van der Waals surface area contributed by atoms with Gasteiger partial charge in [-0.05, 0) is 37.5 Å². The molecule has 122 valence electrons. The number of ether oxygens (including phenoxy) is 1. The van der Waals surface area contributed by atoms with Crippen molar-refractivity contribution in [1.82, 2.24) is 10.6 Å². The van der Waals surface area contributed by atoms with Gasteiger partial charge in [0, 0.05) is 13.2 Å². The van der Waals surface area contributed by atoms with E-state index in [1.165, 1.54) is 6.07 Å². The number of amides is 2. The number of rotatable bonds is 5. The van der Waals surface area contributed by atoms with E-state index in [-0.39, 0.29) is 11.7 Å². The normalized spacial score (nSPS) is 20.5. The second-order valence-corrected chi connectivity index (χ2v) is 5.40. The monoisotopic (exact) mass is 314 g/mol. The Hall–Kier alpha value is -1.73. The molecule has 1 aliphatic heterocycles. The van der Waals surface area contributed by atoms with Gasteiger partial charge in [0.2, 0.25) is 0 Å². The van der Waals surface area contributed by atoms with E-state index >= 15 is 0 Å². The molecule has 2 rings (SSSR count). The van der Waals surface area contributed by atoms with Crippen molar-refractivity contribution in [3.63, 3.8) is 0 Å². The zero-order valence-electron chi connectivity index (χ0n) is 12.3. The molecule has 1 saturated heterocycles. The molecule has 7 heteroatoms. The molecule has 0 bridgehead atoms. The molecule has 3 N–H and O–H groups in total. The van der Waals surface area contributed by atoms with Gasteiger partial charge in [0.05, 0.1) is 18.2 Å². The Morgan fingerprint density at radius 3 is 2.86 bits per heavy atom. The highest BCUT2D eigenvalue weighted by atomic mass is 19.2. The van der Waals surface area contributed by atoms with Gasteiger partial charge in [0.1, 0.15) is 0 Å². The van der Waals surface area contributed by atoms with E-state index in [9.17, 15) is 18.7 Å². The largest absolute Gasteiger partial charge is 0.386 e. The van der Waals surface area contributed by atoms with Crippen LogP contribution in [-0.2, 0) is 4.74 Å². The van der Waals surface area contributed by atoms with Crippen molar-refractivity contribution in [1.29, 1.82) is 0 Å². The maximum Gasteiger partial charge on any atom is 0.315 e. The van der Waals surface area contributed by atoms with E-state index in [1.807, 2.05) is 0 Å². The average molecular weight is 314 g/mol. The van der Waals surface area contributed by atoms with Crippen LogP contribution in [0.25, 0.3) is 0 Å². The first-order chi connectivity index (χ1) is 10.5. The van der Waals surface area contributed by atoms with Crippen LogP contribution in [0.5, 0.6) is 0 Å². The number of carbonyl (C=O) groups is 1. The third kappa shape index (κ3) is 4.38. The first-order valence-electron chi connectivity index (χ1n) is 7.26. The molecule has 0 aromatic heterocycles. The van der Waals surface area contributed by atoms with Crippen molar-refractivity contribution in [2.75, 3.05) is 13.2 Å². The van der Waals surface area contributed by atoms with Crippen molar-refractivity contribution < 1.29 is 23.4 Å². The predicted molar refractivity (Wildman–Crippen MR) is 76.3 cm³/mol. The Balaban J connectivity index is 1.83. The molecule has 1 heterocycles. The molecule has 0 saturated carbocycles. The van der Waals surface area contributed by atoms with Crippen molar-refractivity contribution in [2.24, 2.45) is 0 Å². The molecular formula is C15H20F2N2O3. The summed E-state index contributed by atoms with van der Waals surface area (Å²) in [5, 5.41) is 15.3. The van der Waals surface area contributed by atoms with Crippen molar-refractivity contribution in [3.05, 3.63) is 35.4 Å². The second-order valence-electron chi connectivity index (χ2n) is 5.40. The predicted octanol–water partition coefficient (Wildman–Crippen LogP) is 1.86. The molecule has 3 atom stereocenters. The van der Waals surface area contributed by atoms with Crippen LogP contribution in [-0.4, -0.2) is 36.4 Å². The summed E-state index contributed by atoms with van der Waals surface area (Å²) in [6.07, 6.45) is 0.785. The third-order valence-electron chi connectivity index (χ3n) is 3.63. The summed E-state index contributed by atoms with van der Waals surface area (Å²) in [4.78, 5) is 11.7. The Bertz CT molecular complexity index is 522. The third-order valence-corrected chi connectivity index (χ3v) is 3.63. The van der Waals surface area contributed by atoms with Gasteiger partial charge in [-0.1, -0.05) is 6.07 Å². The fraction of sp³-hybridized carbons (Fsp3) is 0.533. The van der Waals surface area contributed by atoms with E-state index in [2.05, 4.69) is 10.6 Å². The number of aliphatic hydroxyl groups is 1.